The Kier molecular flexibility index (Phi) is 14.6. The zero-order valence-corrected chi connectivity index (χ0v) is 35.7. The van der Waals surface area contributed by atoms with Crippen molar-refractivity contribution in [3.05, 3.63) is 157 Å². The van der Waals surface area contributed by atoms with Gasteiger partial charge in [-0.3, -0.25) is 0 Å². The molecule has 7 aromatic rings. The molecule has 0 amide bonds. The third kappa shape index (κ3) is 10.6. The molecule has 0 atom stereocenters. The molecule has 0 aliphatic rings. The van der Waals surface area contributed by atoms with E-state index in [9.17, 15) is 0 Å². The molecule has 50 heavy (non-hydrogen) atoms. The quantitative estimate of drug-likeness (QED) is 0.128. The van der Waals surface area contributed by atoms with E-state index in [-0.39, 0.29) is 35.6 Å². The summed E-state index contributed by atoms with van der Waals surface area (Å²) in [6.45, 7) is 17.9. The summed E-state index contributed by atoms with van der Waals surface area (Å²) < 4.78 is 1.56. The summed E-state index contributed by atoms with van der Waals surface area (Å²) in [5.41, 5.74) is 10.7. The largest absolute Gasteiger partial charge is 1.00 e. The fourth-order valence-electron chi connectivity index (χ4n) is 5.91. The molecule has 7 aromatic carbocycles. The van der Waals surface area contributed by atoms with Crippen molar-refractivity contribution in [3.8, 4) is 33.4 Å². The maximum atomic E-state index is 2.35. The van der Waals surface area contributed by atoms with Gasteiger partial charge in [0.1, 0.15) is 0 Å². The van der Waals surface area contributed by atoms with Crippen LogP contribution in [0.25, 0.3) is 54.9 Å². The summed E-state index contributed by atoms with van der Waals surface area (Å²) in [7, 11) is 0. The van der Waals surface area contributed by atoms with E-state index in [4.69, 9.17) is 0 Å². The van der Waals surface area contributed by atoms with Crippen molar-refractivity contribution in [1.82, 2.24) is 0 Å². The molecular weight excluding hydrogens is 814 g/mol. The number of rotatable bonds is 3. The van der Waals surface area contributed by atoms with Gasteiger partial charge in [-0.05, 0) is 39.2 Å². The Bertz CT molecular complexity index is 1970. The van der Waals surface area contributed by atoms with Gasteiger partial charge in [0.25, 0.3) is 0 Å². The molecule has 0 aromatic heterocycles. The predicted molar refractivity (Wildman–Crippen MR) is 209 cm³/mol. The molecule has 0 saturated heterocycles. The van der Waals surface area contributed by atoms with E-state index in [1.807, 2.05) is 0 Å². The van der Waals surface area contributed by atoms with Crippen LogP contribution in [0.2, 0.25) is 0 Å². The second-order valence-electron chi connectivity index (χ2n) is 15.0. The van der Waals surface area contributed by atoms with Gasteiger partial charge in [0, 0.05) is 0 Å². The Morgan fingerprint density at radius 3 is 1.24 bits per heavy atom. The second-order valence-corrected chi connectivity index (χ2v) is 18.5. The van der Waals surface area contributed by atoms with Crippen molar-refractivity contribution < 1.29 is 48.7 Å². The first kappa shape index (κ1) is 41.1. The van der Waals surface area contributed by atoms with Crippen LogP contribution in [-0.4, -0.2) is 3.26 Å². The molecular formula is C47H48Cl2Hf-2. The van der Waals surface area contributed by atoms with Gasteiger partial charge in [0.05, 0.1) is 0 Å². The summed E-state index contributed by atoms with van der Waals surface area (Å²) in [6, 6.07) is 52.7. The fraction of sp³-hybridized carbons (Fsp3) is 0.213. The van der Waals surface area contributed by atoms with Crippen LogP contribution in [-0.2, 0) is 34.7 Å². The van der Waals surface area contributed by atoms with E-state index in [0.717, 1.165) is 0 Å². The maximum absolute atomic E-state index is 2.35. The molecule has 0 radical (unpaired) electrons. The Morgan fingerprint density at radius 1 is 0.480 bits per heavy atom. The van der Waals surface area contributed by atoms with Crippen molar-refractivity contribution in [2.75, 3.05) is 0 Å². The average Bonchev–Trinajstić information content (AvgIpc) is 3.73. The number of fused-ring (bicyclic) bond motifs is 3. The number of halogens is 2. The van der Waals surface area contributed by atoms with Gasteiger partial charge in [-0.25, -0.2) is 0 Å². The van der Waals surface area contributed by atoms with Crippen LogP contribution in [0, 0.1) is 0 Å². The SMILES string of the molecule is CC(C)(C)c1ccc2c(c1)[cH-]c1cc(C(C)(C)C)ccc12.C[C](C)=[Hf+2].[Cl-].[Cl-].c1ccc(-c2cc(-c3ccccc3)cc(-c3ccc[cH-]3)c2)cc1. The first-order valence-corrected chi connectivity index (χ1v) is 18.7. The molecule has 256 valence electrons. The predicted octanol–water partition coefficient (Wildman–Crippen LogP) is 7.47. The van der Waals surface area contributed by atoms with E-state index in [1.165, 1.54) is 89.9 Å². The molecule has 0 unspecified atom stereocenters. The summed E-state index contributed by atoms with van der Waals surface area (Å²) >= 11 is 1.27. The molecule has 0 aliphatic heterocycles. The Balaban J connectivity index is 0.000000237. The maximum Gasteiger partial charge on any atom is -0.0192 e. The molecule has 0 fully saturated rings. The minimum atomic E-state index is 0. The fourth-order valence-corrected chi connectivity index (χ4v) is 5.91. The van der Waals surface area contributed by atoms with Crippen molar-refractivity contribution in [3.63, 3.8) is 0 Å². The Hall–Kier alpha value is -3.36. The Morgan fingerprint density at radius 2 is 0.880 bits per heavy atom. The zero-order chi connectivity index (χ0) is 34.5. The minimum Gasteiger partial charge on any atom is -1.00 e. The van der Waals surface area contributed by atoms with Gasteiger partial charge in [0.2, 0.25) is 0 Å². The number of hydrogen-bond donors (Lipinski definition) is 0. The van der Waals surface area contributed by atoms with E-state index < -0.39 is 0 Å². The first-order valence-electron chi connectivity index (χ1n) is 16.9. The monoisotopic (exact) mass is 862 g/mol. The van der Waals surface area contributed by atoms with Gasteiger partial charge in [-0.1, -0.05) is 155 Å². The van der Waals surface area contributed by atoms with Gasteiger partial charge in [0.15, 0.2) is 0 Å². The molecule has 3 heteroatoms. The molecule has 7 rings (SSSR count). The summed E-state index contributed by atoms with van der Waals surface area (Å²) in [4.78, 5) is 0. The van der Waals surface area contributed by atoms with E-state index in [2.05, 4.69) is 201 Å². The third-order valence-corrected chi connectivity index (χ3v) is 8.58. The smallest absolute Gasteiger partial charge is 0.0192 e. The van der Waals surface area contributed by atoms with Crippen molar-refractivity contribution in [1.29, 1.82) is 0 Å². The Labute approximate surface area is 327 Å². The van der Waals surface area contributed by atoms with E-state index in [1.54, 1.807) is 3.26 Å². The molecule has 0 saturated carbocycles. The normalized spacial score (nSPS) is 11.0. The third-order valence-electron chi connectivity index (χ3n) is 8.58. The summed E-state index contributed by atoms with van der Waals surface area (Å²) in [6.07, 6.45) is 0. The number of benzene rings is 5. The average molecular weight is 862 g/mol. The van der Waals surface area contributed by atoms with Gasteiger partial charge >= 0.3 is 41.0 Å². The molecule has 0 aliphatic carbocycles. The van der Waals surface area contributed by atoms with Crippen LogP contribution in [0.15, 0.2) is 146 Å². The molecule has 0 nitrogen and oxygen atoms in total. The van der Waals surface area contributed by atoms with Gasteiger partial charge in [-0.2, -0.15) is 23.8 Å². The van der Waals surface area contributed by atoms with Crippen LogP contribution in [0.1, 0.15) is 66.5 Å². The minimum absolute atomic E-state index is 0. The van der Waals surface area contributed by atoms with Gasteiger partial charge in [-0.15, -0.1) is 45.8 Å². The topological polar surface area (TPSA) is 0 Å². The molecule has 0 N–H and O–H groups in total. The van der Waals surface area contributed by atoms with Crippen molar-refractivity contribution >= 4 is 24.8 Å². The van der Waals surface area contributed by atoms with Crippen molar-refractivity contribution in [2.24, 2.45) is 0 Å². The van der Waals surface area contributed by atoms with E-state index >= 15 is 0 Å². The first-order chi connectivity index (χ1) is 22.8. The summed E-state index contributed by atoms with van der Waals surface area (Å²) in [5.74, 6) is 0. The molecule has 0 spiro atoms. The van der Waals surface area contributed by atoms with Crippen LogP contribution in [0.4, 0.5) is 0 Å². The van der Waals surface area contributed by atoms with Crippen LogP contribution in [0.3, 0.4) is 0 Å². The number of hydrogen-bond acceptors (Lipinski definition) is 0. The zero-order valence-electron chi connectivity index (χ0n) is 30.6. The van der Waals surface area contributed by atoms with Crippen LogP contribution in [0.5, 0.6) is 0 Å². The second kappa shape index (κ2) is 17.7. The van der Waals surface area contributed by atoms with E-state index in [0.29, 0.717) is 0 Å². The molecule has 0 heterocycles. The van der Waals surface area contributed by atoms with Crippen LogP contribution >= 0.6 is 0 Å². The summed E-state index contributed by atoms with van der Waals surface area (Å²) in [5, 5.41) is 5.48. The van der Waals surface area contributed by atoms with Gasteiger partial charge < -0.3 is 24.8 Å². The standard InChI is InChI=1S/C23H17.C21H25.C3H6.2ClH.Hf/c1-3-9-18(10-4-1)21-15-22(19-11-5-2-6-12-19)17-23(16-21)20-13-7-8-14-20;1-20(2,3)16-7-9-18-14(12-16)11-15-13-17(21(4,5)6)8-10-19(15)18;1-3-2;;;/h1-17H;7-13H,1-6H3;1-2H3;2*1H;/q2*-1;;;;+2/p-2. The van der Waals surface area contributed by atoms with Crippen LogP contribution < -0.4 is 24.8 Å². The van der Waals surface area contributed by atoms with Crippen molar-refractivity contribution in [2.45, 2.75) is 66.2 Å². The molecule has 0 bridgehead atoms.